The minimum absolute atomic E-state index is 0.119. The molecule has 1 N–H and O–H groups in total. The molecule has 1 saturated heterocycles. The van der Waals surface area contributed by atoms with Crippen LogP contribution in [0.2, 0.25) is 0 Å². The van der Waals surface area contributed by atoms with E-state index in [-0.39, 0.29) is 5.82 Å². The fourth-order valence-electron chi connectivity index (χ4n) is 3.15. The van der Waals surface area contributed by atoms with Crippen molar-refractivity contribution < 1.29 is 4.39 Å². The van der Waals surface area contributed by atoms with Crippen LogP contribution in [0, 0.1) is 18.7 Å². The van der Waals surface area contributed by atoms with Gasteiger partial charge in [0.05, 0.1) is 0 Å². The Hall–Kier alpha value is -0.930. The van der Waals surface area contributed by atoms with Gasteiger partial charge in [-0.2, -0.15) is 0 Å². The number of halogens is 1. The Morgan fingerprint density at radius 1 is 1.32 bits per heavy atom. The molecule has 1 aromatic carbocycles. The normalized spacial score (nSPS) is 22.4. The van der Waals surface area contributed by atoms with E-state index < -0.39 is 0 Å². The molecule has 2 fully saturated rings. The highest BCUT2D eigenvalue weighted by atomic mass is 19.1. The van der Waals surface area contributed by atoms with Gasteiger partial charge in [-0.05, 0) is 42.5 Å². The third-order valence-corrected chi connectivity index (χ3v) is 4.44. The largest absolute Gasteiger partial charge is 0.314 e. The third-order valence-electron chi connectivity index (χ3n) is 4.44. The van der Waals surface area contributed by atoms with Crippen molar-refractivity contribution in [2.75, 3.05) is 26.2 Å². The van der Waals surface area contributed by atoms with E-state index in [0.717, 1.165) is 37.7 Å². The Morgan fingerprint density at radius 2 is 2.05 bits per heavy atom. The predicted molar refractivity (Wildman–Crippen MR) is 75.7 cm³/mol. The lowest BCUT2D eigenvalue weighted by Crippen LogP contribution is -2.45. The van der Waals surface area contributed by atoms with Gasteiger partial charge in [0.1, 0.15) is 5.82 Å². The molecule has 1 saturated carbocycles. The van der Waals surface area contributed by atoms with Crippen molar-refractivity contribution in [3.05, 3.63) is 35.1 Å². The number of benzene rings is 1. The lowest BCUT2D eigenvalue weighted by molar-refractivity contribution is 0.160. The van der Waals surface area contributed by atoms with Crippen molar-refractivity contribution >= 4 is 0 Å². The maximum Gasteiger partial charge on any atom is 0.123 e. The summed E-state index contributed by atoms with van der Waals surface area (Å²) in [4.78, 5) is 2.58. The second kappa shape index (κ2) is 5.59. The van der Waals surface area contributed by atoms with Crippen LogP contribution in [-0.2, 0) is 0 Å². The number of hydrogen-bond acceptors (Lipinski definition) is 2. The molecule has 2 nitrogen and oxygen atoms in total. The second-order valence-corrected chi connectivity index (χ2v) is 5.98. The zero-order valence-electron chi connectivity index (χ0n) is 11.7. The van der Waals surface area contributed by atoms with Crippen LogP contribution in [-0.4, -0.2) is 31.1 Å². The molecule has 0 bridgehead atoms. The standard InChI is InChI=1S/C16H23FN2/c1-12-10-14(17)4-5-15(12)16(11-13-2-3-13)19-8-6-18-7-9-19/h4-5,10,13,16,18H,2-3,6-9,11H2,1H3/t16-/m0/s1. The molecule has 19 heavy (non-hydrogen) atoms. The molecule has 1 heterocycles. The first-order valence-electron chi connectivity index (χ1n) is 7.45. The van der Waals surface area contributed by atoms with Gasteiger partial charge in [-0.25, -0.2) is 4.39 Å². The lowest BCUT2D eigenvalue weighted by atomic mass is 9.95. The van der Waals surface area contributed by atoms with E-state index in [2.05, 4.69) is 10.2 Å². The lowest BCUT2D eigenvalue weighted by Gasteiger charge is -2.36. The number of nitrogens with zero attached hydrogens (tertiary/aromatic N) is 1. The zero-order valence-corrected chi connectivity index (χ0v) is 11.7. The minimum Gasteiger partial charge on any atom is -0.314 e. The predicted octanol–water partition coefficient (Wildman–Crippen LogP) is 2.88. The first-order chi connectivity index (χ1) is 9.24. The summed E-state index contributed by atoms with van der Waals surface area (Å²) in [7, 11) is 0. The summed E-state index contributed by atoms with van der Waals surface area (Å²) < 4.78 is 13.3. The van der Waals surface area contributed by atoms with E-state index in [1.54, 1.807) is 12.1 Å². The van der Waals surface area contributed by atoms with E-state index in [0.29, 0.717) is 6.04 Å². The van der Waals surface area contributed by atoms with Crippen LogP contribution in [0.5, 0.6) is 0 Å². The van der Waals surface area contributed by atoms with Crippen LogP contribution >= 0.6 is 0 Å². The quantitative estimate of drug-likeness (QED) is 0.897. The van der Waals surface area contributed by atoms with Crippen LogP contribution in [0.15, 0.2) is 18.2 Å². The average Bonchev–Trinajstić information content (AvgIpc) is 3.22. The van der Waals surface area contributed by atoms with Gasteiger partial charge in [0, 0.05) is 32.2 Å². The number of hydrogen-bond donors (Lipinski definition) is 1. The van der Waals surface area contributed by atoms with Gasteiger partial charge in [0.25, 0.3) is 0 Å². The van der Waals surface area contributed by atoms with Crippen molar-refractivity contribution in [2.45, 2.75) is 32.2 Å². The summed E-state index contributed by atoms with van der Waals surface area (Å²) in [5.74, 6) is 0.774. The highest BCUT2D eigenvalue weighted by molar-refractivity contribution is 5.30. The molecule has 0 amide bonds. The van der Waals surface area contributed by atoms with Gasteiger partial charge in [-0.15, -0.1) is 0 Å². The summed E-state index contributed by atoms with van der Waals surface area (Å²) in [6, 6.07) is 5.77. The van der Waals surface area contributed by atoms with E-state index in [4.69, 9.17) is 0 Å². The molecular weight excluding hydrogens is 239 g/mol. The Labute approximate surface area is 115 Å². The minimum atomic E-state index is -0.119. The van der Waals surface area contributed by atoms with Crippen LogP contribution in [0.1, 0.15) is 36.4 Å². The summed E-state index contributed by atoms with van der Waals surface area (Å²) in [6.45, 7) is 6.39. The Balaban J connectivity index is 1.83. The van der Waals surface area contributed by atoms with Gasteiger partial charge in [0.2, 0.25) is 0 Å². The molecule has 3 heteroatoms. The van der Waals surface area contributed by atoms with E-state index in [9.17, 15) is 4.39 Å². The van der Waals surface area contributed by atoms with Gasteiger partial charge in [0.15, 0.2) is 0 Å². The second-order valence-electron chi connectivity index (χ2n) is 5.98. The summed E-state index contributed by atoms with van der Waals surface area (Å²) in [5.41, 5.74) is 2.43. The smallest absolute Gasteiger partial charge is 0.123 e. The number of piperazine rings is 1. The SMILES string of the molecule is Cc1cc(F)ccc1[C@H](CC1CC1)N1CCNCC1. The van der Waals surface area contributed by atoms with Crippen molar-refractivity contribution in [3.63, 3.8) is 0 Å². The highest BCUT2D eigenvalue weighted by Crippen LogP contribution is 2.40. The zero-order chi connectivity index (χ0) is 13.2. The van der Waals surface area contributed by atoms with Crippen molar-refractivity contribution in [2.24, 2.45) is 5.92 Å². The fourth-order valence-corrected chi connectivity index (χ4v) is 3.15. The molecule has 0 unspecified atom stereocenters. The molecule has 104 valence electrons. The van der Waals surface area contributed by atoms with Crippen molar-refractivity contribution in [1.82, 2.24) is 10.2 Å². The first-order valence-corrected chi connectivity index (χ1v) is 7.45. The van der Waals surface area contributed by atoms with Crippen LogP contribution < -0.4 is 5.32 Å². The summed E-state index contributed by atoms with van der Waals surface area (Å²) in [6.07, 6.45) is 4.00. The topological polar surface area (TPSA) is 15.3 Å². The summed E-state index contributed by atoms with van der Waals surface area (Å²) in [5, 5.41) is 3.41. The van der Waals surface area contributed by atoms with Crippen LogP contribution in [0.4, 0.5) is 4.39 Å². The van der Waals surface area contributed by atoms with E-state index in [1.807, 2.05) is 13.0 Å². The molecular formula is C16H23FN2. The monoisotopic (exact) mass is 262 g/mol. The van der Waals surface area contributed by atoms with Crippen LogP contribution in [0.3, 0.4) is 0 Å². The third kappa shape index (κ3) is 3.15. The molecule has 3 rings (SSSR count). The highest BCUT2D eigenvalue weighted by Gasteiger charge is 2.31. The van der Waals surface area contributed by atoms with Crippen LogP contribution in [0.25, 0.3) is 0 Å². The maximum atomic E-state index is 13.3. The molecule has 1 aliphatic heterocycles. The molecule has 0 aromatic heterocycles. The Bertz CT molecular complexity index is 436. The Kier molecular flexibility index (Phi) is 3.85. The van der Waals surface area contributed by atoms with Crippen molar-refractivity contribution in [3.8, 4) is 0 Å². The van der Waals surface area contributed by atoms with Gasteiger partial charge < -0.3 is 5.32 Å². The number of aryl methyl sites for hydroxylation is 1. The maximum absolute atomic E-state index is 13.3. The average molecular weight is 262 g/mol. The first kappa shape index (κ1) is 13.1. The van der Waals surface area contributed by atoms with Gasteiger partial charge in [-0.3, -0.25) is 4.90 Å². The molecule has 0 radical (unpaired) electrons. The summed E-state index contributed by atoms with van der Waals surface area (Å²) >= 11 is 0. The molecule has 2 aliphatic rings. The number of rotatable bonds is 4. The van der Waals surface area contributed by atoms with E-state index >= 15 is 0 Å². The Morgan fingerprint density at radius 3 is 2.68 bits per heavy atom. The molecule has 0 spiro atoms. The fraction of sp³-hybridized carbons (Fsp3) is 0.625. The van der Waals surface area contributed by atoms with E-state index in [1.165, 1.54) is 24.8 Å². The molecule has 1 aliphatic carbocycles. The molecule has 1 aromatic rings. The van der Waals surface area contributed by atoms with Crippen molar-refractivity contribution in [1.29, 1.82) is 0 Å². The number of nitrogens with one attached hydrogen (secondary N) is 1. The van der Waals surface area contributed by atoms with Gasteiger partial charge >= 0.3 is 0 Å². The van der Waals surface area contributed by atoms with Gasteiger partial charge in [-0.1, -0.05) is 18.9 Å². The molecule has 1 atom stereocenters.